The van der Waals surface area contributed by atoms with Crippen molar-refractivity contribution in [2.75, 3.05) is 0 Å². The van der Waals surface area contributed by atoms with Crippen LogP contribution in [0.1, 0.15) is 44.4 Å². The van der Waals surface area contributed by atoms with Crippen LogP contribution < -0.4 is 4.74 Å². The zero-order chi connectivity index (χ0) is 23.4. The molecular formula is C24H23Br2N3O2S. The van der Waals surface area contributed by atoms with Gasteiger partial charge in [0.2, 0.25) is 0 Å². The molecule has 2 aromatic carbocycles. The zero-order valence-electron chi connectivity index (χ0n) is 18.2. The Morgan fingerprint density at radius 2 is 1.84 bits per heavy atom. The molecule has 1 aliphatic rings. The predicted octanol–water partition coefficient (Wildman–Crippen LogP) is 6.75. The summed E-state index contributed by atoms with van der Waals surface area (Å²) >= 11 is 8.55. The summed E-state index contributed by atoms with van der Waals surface area (Å²) in [6, 6.07) is 13.5. The number of carbonyl (C=O) groups is 1. The summed E-state index contributed by atoms with van der Waals surface area (Å²) in [5, 5.41) is 10.0. The van der Waals surface area contributed by atoms with Crippen molar-refractivity contribution in [1.29, 1.82) is 5.26 Å². The monoisotopic (exact) mass is 575 g/mol. The summed E-state index contributed by atoms with van der Waals surface area (Å²) in [5.41, 5.74) is 2.27. The Hall–Kier alpha value is -2.08. The van der Waals surface area contributed by atoms with Crippen LogP contribution in [-0.2, 0) is 11.4 Å². The van der Waals surface area contributed by atoms with E-state index < -0.39 is 0 Å². The van der Waals surface area contributed by atoms with E-state index in [9.17, 15) is 10.1 Å². The van der Waals surface area contributed by atoms with Gasteiger partial charge < -0.3 is 4.74 Å². The van der Waals surface area contributed by atoms with Gasteiger partial charge in [0.25, 0.3) is 5.91 Å². The Balaban J connectivity index is 1.85. The molecule has 32 heavy (non-hydrogen) atoms. The molecule has 0 bridgehead atoms. The zero-order valence-corrected chi connectivity index (χ0v) is 22.2. The maximum Gasteiger partial charge on any atom is 0.266 e. The number of thioether (sulfide) groups is 1. The summed E-state index contributed by atoms with van der Waals surface area (Å²) in [6.07, 6.45) is 1.87. The fourth-order valence-electron chi connectivity index (χ4n) is 3.11. The van der Waals surface area contributed by atoms with Crippen molar-refractivity contribution in [3.8, 4) is 11.8 Å². The largest absolute Gasteiger partial charge is 0.486 e. The first-order chi connectivity index (χ1) is 15.2. The SMILES string of the molecule is CC(C)N=C1S/C(=C/c2cc(Br)c(OCc3ccccc3C#N)c(Br)c2)C(=O)N1C(C)C. The van der Waals surface area contributed by atoms with E-state index in [1.165, 1.54) is 11.8 Å². The smallest absolute Gasteiger partial charge is 0.266 e. The number of carbonyl (C=O) groups excluding carboxylic acids is 1. The summed E-state index contributed by atoms with van der Waals surface area (Å²) in [5.74, 6) is 0.598. The number of halogens is 2. The number of hydrogen-bond acceptors (Lipinski definition) is 5. The molecule has 0 spiro atoms. The Morgan fingerprint density at radius 1 is 1.19 bits per heavy atom. The highest BCUT2D eigenvalue weighted by Gasteiger charge is 2.35. The molecule has 8 heteroatoms. The van der Waals surface area contributed by atoms with Crippen molar-refractivity contribution < 1.29 is 9.53 Å². The molecule has 166 valence electrons. The van der Waals surface area contributed by atoms with Gasteiger partial charge in [0.1, 0.15) is 12.4 Å². The van der Waals surface area contributed by atoms with Gasteiger partial charge in [-0.15, -0.1) is 0 Å². The molecule has 3 rings (SSSR count). The molecule has 1 amide bonds. The van der Waals surface area contributed by atoms with Gasteiger partial charge in [-0.3, -0.25) is 14.7 Å². The van der Waals surface area contributed by atoms with Crippen LogP contribution in [0.25, 0.3) is 6.08 Å². The third-order valence-corrected chi connectivity index (χ3v) is 6.73. The van der Waals surface area contributed by atoms with Gasteiger partial charge in [0.05, 0.1) is 25.5 Å². The molecule has 5 nitrogen and oxygen atoms in total. The average Bonchev–Trinajstić information content (AvgIpc) is 3.01. The van der Waals surface area contributed by atoms with Crippen LogP contribution in [0, 0.1) is 11.3 Å². The van der Waals surface area contributed by atoms with E-state index >= 15 is 0 Å². The minimum atomic E-state index is -0.0370. The van der Waals surface area contributed by atoms with Gasteiger partial charge in [-0.1, -0.05) is 18.2 Å². The van der Waals surface area contributed by atoms with Crippen LogP contribution in [0.15, 0.2) is 55.2 Å². The summed E-state index contributed by atoms with van der Waals surface area (Å²) < 4.78 is 7.49. The third-order valence-electron chi connectivity index (χ3n) is 4.55. The average molecular weight is 577 g/mol. The molecule has 0 atom stereocenters. The minimum absolute atomic E-state index is 0.0314. The molecule has 0 aliphatic carbocycles. The number of nitriles is 1. The van der Waals surface area contributed by atoms with E-state index in [1.54, 1.807) is 11.0 Å². The molecule has 2 aromatic rings. The van der Waals surface area contributed by atoms with Crippen molar-refractivity contribution in [2.45, 2.75) is 46.4 Å². The van der Waals surface area contributed by atoms with Crippen molar-refractivity contribution in [1.82, 2.24) is 4.90 Å². The van der Waals surface area contributed by atoms with Crippen molar-refractivity contribution in [2.24, 2.45) is 4.99 Å². The van der Waals surface area contributed by atoms with Crippen LogP contribution in [0.5, 0.6) is 5.75 Å². The van der Waals surface area contributed by atoms with Crippen molar-refractivity contribution in [3.05, 3.63) is 66.9 Å². The number of ether oxygens (including phenoxy) is 1. The van der Waals surface area contributed by atoms with E-state index in [4.69, 9.17) is 4.74 Å². The molecule has 1 heterocycles. The molecule has 0 unspecified atom stereocenters. The molecule has 1 saturated heterocycles. The third kappa shape index (κ3) is 5.64. The van der Waals surface area contributed by atoms with Gasteiger partial charge in [0, 0.05) is 17.6 Å². The molecule has 0 radical (unpaired) electrons. The number of nitrogens with zero attached hydrogens (tertiary/aromatic N) is 3. The van der Waals surface area contributed by atoms with E-state index in [2.05, 4.69) is 42.9 Å². The first-order valence-electron chi connectivity index (χ1n) is 10.1. The number of amides is 1. The summed E-state index contributed by atoms with van der Waals surface area (Å²) in [4.78, 5) is 20.0. The minimum Gasteiger partial charge on any atom is -0.486 e. The van der Waals surface area contributed by atoms with E-state index in [0.29, 0.717) is 16.2 Å². The highest BCUT2D eigenvalue weighted by Crippen LogP contribution is 2.38. The van der Waals surface area contributed by atoms with Crippen LogP contribution in [0.4, 0.5) is 0 Å². The molecule has 0 N–H and O–H groups in total. The van der Waals surface area contributed by atoms with Crippen LogP contribution >= 0.6 is 43.6 Å². The van der Waals surface area contributed by atoms with Gasteiger partial charge >= 0.3 is 0 Å². The van der Waals surface area contributed by atoms with E-state index in [-0.39, 0.29) is 24.6 Å². The molecular weight excluding hydrogens is 554 g/mol. The topological polar surface area (TPSA) is 65.7 Å². The Morgan fingerprint density at radius 3 is 2.44 bits per heavy atom. The van der Waals surface area contributed by atoms with Gasteiger partial charge in [-0.25, -0.2) is 0 Å². The number of aliphatic imine (C=N–C) groups is 1. The fraction of sp³-hybridized carbons (Fsp3) is 0.292. The second kappa shape index (κ2) is 10.7. The number of benzene rings is 2. The molecule has 1 aliphatic heterocycles. The normalized spacial score (nSPS) is 16.5. The number of amidine groups is 1. The van der Waals surface area contributed by atoms with Crippen molar-refractivity contribution >= 4 is 60.8 Å². The number of rotatable bonds is 6. The van der Waals surface area contributed by atoms with Crippen LogP contribution in [0.3, 0.4) is 0 Å². The predicted molar refractivity (Wildman–Crippen MR) is 137 cm³/mol. The summed E-state index contributed by atoms with van der Waals surface area (Å²) in [7, 11) is 0. The molecule has 1 fully saturated rings. The standard InChI is InChI=1S/C24H23Br2N3O2S/c1-14(2)28-24-29(15(3)4)23(30)21(32-24)11-16-9-19(25)22(20(26)10-16)31-13-18-8-6-5-7-17(18)12-27/h5-11,14-15H,13H2,1-4H3/b21-11+,28-24?. The van der Waals surface area contributed by atoms with Gasteiger partial charge in [-0.05, 0) is 101 Å². The maximum atomic E-state index is 13.0. The molecule has 0 saturated carbocycles. The van der Waals surface area contributed by atoms with Gasteiger partial charge in [-0.2, -0.15) is 5.26 Å². The van der Waals surface area contributed by atoms with E-state index in [0.717, 1.165) is 25.2 Å². The van der Waals surface area contributed by atoms with E-state index in [1.807, 2.05) is 64.1 Å². The highest BCUT2D eigenvalue weighted by atomic mass is 79.9. The first-order valence-corrected chi connectivity index (χ1v) is 12.5. The lowest BCUT2D eigenvalue weighted by atomic mass is 10.1. The second-order valence-corrected chi connectivity index (χ2v) is 10.5. The van der Waals surface area contributed by atoms with Crippen molar-refractivity contribution in [3.63, 3.8) is 0 Å². The molecule has 0 aromatic heterocycles. The van der Waals surface area contributed by atoms with Gasteiger partial charge in [0.15, 0.2) is 5.17 Å². The second-order valence-electron chi connectivity index (χ2n) is 7.76. The lowest BCUT2D eigenvalue weighted by Gasteiger charge is -2.20. The Bertz CT molecular complexity index is 1110. The maximum absolute atomic E-state index is 13.0. The fourth-order valence-corrected chi connectivity index (χ4v) is 5.79. The first kappa shape index (κ1) is 24.6. The van der Waals surface area contributed by atoms with Crippen LogP contribution in [0.2, 0.25) is 0 Å². The Labute approximate surface area is 209 Å². The quantitative estimate of drug-likeness (QED) is 0.357. The highest BCUT2D eigenvalue weighted by molar-refractivity contribution is 9.11. The summed E-state index contributed by atoms with van der Waals surface area (Å²) in [6.45, 7) is 8.25. The van der Waals surface area contributed by atoms with Crippen LogP contribution in [-0.4, -0.2) is 28.1 Å². The lowest BCUT2D eigenvalue weighted by Crippen LogP contribution is -2.35. The number of hydrogen-bond donors (Lipinski definition) is 0. The lowest BCUT2D eigenvalue weighted by molar-refractivity contribution is -0.123. The Kier molecular flexibility index (Phi) is 8.21.